The van der Waals surface area contributed by atoms with E-state index in [1.54, 1.807) is 43.8 Å². The minimum Gasteiger partial charge on any atom is -0.333 e. The van der Waals surface area contributed by atoms with Crippen LogP contribution in [0.15, 0.2) is 48.9 Å². The van der Waals surface area contributed by atoms with Crippen molar-refractivity contribution in [2.24, 2.45) is 0 Å². The molecule has 6 heteroatoms. The standard InChI is InChI=1S/C17H18N4O2/c1-13-7-9-19-15(10-13)20-16(22)12-21(2)17(23)6-5-14-4-3-8-18-11-14/h3-11H,12H2,1-2H3,(H,19,20,22). The molecule has 2 heterocycles. The number of carbonyl (C=O) groups is 2. The fourth-order valence-corrected chi connectivity index (χ4v) is 1.85. The average molecular weight is 310 g/mol. The van der Waals surface area contributed by atoms with Crippen molar-refractivity contribution < 1.29 is 9.59 Å². The van der Waals surface area contributed by atoms with Crippen LogP contribution in [0.25, 0.3) is 6.08 Å². The van der Waals surface area contributed by atoms with Gasteiger partial charge in [-0.15, -0.1) is 0 Å². The highest BCUT2D eigenvalue weighted by Crippen LogP contribution is 2.05. The summed E-state index contributed by atoms with van der Waals surface area (Å²) >= 11 is 0. The van der Waals surface area contributed by atoms with Crippen LogP contribution in [0, 0.1) is 6.92 Å². The summed E-state index contributed by atoms with van der Waals surface area (Å²) in [6, 6.07) is 7.24. The van der Waals surface area contributed by atoms with Gasteiger partial charge in [-0.2, -0.15) is 0 Å². The summed E-state index contributed by atoms with van der Waals surface area (Å²) in [5, 5.41) is 2.66. The van der Waals surface area contributed by atoms with E-state index in [1.807, 2.05) is 19.1 Å². The number of nitrogens with zero attached hydrogens (tertiary/aromatic N) is 3. The number of likely N-dealkylation sites (N-methyl/N-ethyl adjacent to an activating group) is 1. The van der Waals surface area contributed by atoms with E-state index in [9.17, 15) is 9.59 Å². The van der Waals surface area contributed by atoms with Gasteiger partial charge in [-0.25, -0.2) is 4.98 Å². The molecular weight excluding hydrogens is 292 g/mol. The molecule has 0 atom stereocenters. The fraction of sp³-hybridized carbons (Fsp3) is 0.176. The molecule has 0 aliphatic carbocycles. The van der Waals surface area contributed by atoms with Crippen molar-refractivity contribution in [3.05, 3.63) is 60.1 Å². The lowest BCUT2D eigenvalue weighted by molar-refractivity contribution is -0.129. The van der Waals surface area contributed by atoms with E-state index in [-0.39, 0.29) is 18.4 Å². The third-order valence-corrected chi connectivity index (χ3v) is 3.04. The van der Waals surface area contributed by atoms with Crippen LogP contribution in [0.2, 0.25) is 0 Å². The zero-order valence-electron chi connectivity index (χ0n) is 13.1. The first kappa shape index (κ1) is 16.4. The van der Waals surface area contributed by atoms with Gasteiger partial charge >= 0.3 is 0 Å². The van der Waals surface area contributed by atoms with E-state index in [1.165, 1.54) is 11.0 Å². The Kier molecular flexibility index (Phi) is 5.57. The van der Waals surface area contributed by atoms with Crippen molar-refractivity contribution in [2.45, 2.75) is 6.92 Å². The van der Waals surface area contributed by atoms with Gasteiger partial charge in [0.05, 0.1) is 6.54 Å². The first-order valence-corrected chi connectivity index (χ1v) is 7.10. The van der Waals surface area contributed by atoms with Gasteiger partial charge in [0.15, 0.2) is 0 Å². The number of carbonyl (C=O) groups excluding carboxylic acids is 2. The van der Waals surface area contributed by atoms with E-state index in [0.717, 1.165) is 11.1 Å². The van der Waals surface area contributed by atoms with Gasteiger partial charge in [0, 0.05) is 31.7 Å². The number of nitrogens with one attached hydrogen (secondary N) is 1. The number of rotatable bonds is 5. The topological polar surface area (TPSA) is 75.2 Å². The molecule has 1 N–H and O–H groups in total. The largest absolute Gasteiger partial charge is 0.333 e. The Morgan fingerprint density at radius 2 is 2.13 bits per heavy atom. The Hall–Kier alpha value is -3.02. The maximum Gasteiger partial charge on any atom is 0.246 e. The highest BCUT2D eigenvalue weighted by atomic mass is 16.2. The molecule has 2 aromatic heterocycles. The van der Waals surface area contributed by atoms with Crippen LogP contribution < -0.4 is 5.32 Å². The molecule has 2 rings (SSSR count). The molecule has 0 fully saturated rings. The summed E-state index contributed by atoms with van der Waals surface area (Å²) in [5.41, 5.74) is 1.82. The number of hydrogen-bond acceptors (Lipinski definition) is 4. The molecule has 118 valence electrons. The number of anilines is 1. The maximum absolute atomic E-state index is 12.0. The van der Waals surface area contributed by atoms with Gasteiger partial charge in [-0.05, 0) is 42.3 Å². The van der Waals surface area contributed by atoms with Crippen LogP contribution >= 0.6 is 0 Å². The molecule has 2 aromatic rings. The van der Waals surface area contributed by atoms with Crippen molar-refractivity contribution in [3.63, 3.8) is 0 Å². The first-order chi connectivity index (χ1) is 11.0. The molecule has 2 amide bonds. The lowest BCUT2D eigenvalue weighted by Crippen LogP contribution is -2.34. The van der Waals surface area contributed by atoms with Crippen molar-refractivity contribution in [1.82, 2.24) is 14.9 Å². The highest BCUT2D eigenvalue weighted by Gasteiger charge is 2.11. The summed E-state index contributed by atoms with van der Waals surface area (Å²) in [6.07, 6.45) is 8.01. The molecule has 0 bridgehead atoms. The second-order valence-electron chi connectivity index (χ2n) is 5.08. The molecule has 0 spiro atoms. The van der Waals surface area contributed by atoms with Gasteiger partial charge in [0.1, 0.15) is 5.82 Å². The molecule has 0 saturated heterocycles. The van der Waals surface area contributed by atoms with Crippen LogP contribution in [0.4, 0.5) is 5.82 Å². The Labute approximate surface area is 134 Å². The number of pyridine rings is 2. The lowest BCUT2D eigenvalue weighted by atomic mass is 10.2. The first-order valence-electron chi connectivity index (χ1n) is 7.10. The Morgan fingerprint density at radius 3 is 2.83 bits per heavy atom. The van der Waals surface area contributed by atoms with Crippen LogP contribution in [0.3, 0.4) is 0 Å². The van der Waals surface area contributed by atoms with Gasteiger partial charge in [0.25, 0.3) is 0 Å². The molecule has 23 heavy (non-hydrogen) atoms. The average Bonchev–Trinajstić information content (AvgIpc) is 2.53. The maximum atomic E-state index is 12.0. The van der Waals surface area contributed by atoms with E-state index < -0.39 is 0 Å². The van der Waals surface area contributed by atoms with Gasteiger partial charge < -0.3 is 10.2 Å². The van der Waals surface area contributed by atoms with E-state index in [2.05, 4.69) is 15.3 Å². The van der Waals surface area contributed by atoms with Crippen LogP contribution in [0.5, 0.6) is 0 Å². The lowest BCUT2D eigenvalue weighted by Gasteiger charge is -2.14. The summed E-state index contributed by atoms with van der Waals surface area (Å²) in [6.45, 7) is 1.86. The molecule has 0 aromatic carbocycles. The number of aromatic nitrogens is 2. The Bertz CT molecular complexity index is 714. The monoisotopic (exact) mass is 310 g/mol. The number of aryl methyl sites for hydroxylation is 1. The predicted molar refractivity (Wildman–Crippen MR) is 88.5 cm³/mol. The van der Waals surface area contributed by atoms with Gasteiger partial charge in [-0.1, -0.05) is 6.07 Å². The smallest absolute Gasteiger partial charge is 0.246 e. The minimum atomic E-state index is -0.297. The Balaban J connectivity index is 1.88. The fourth-order valence-electron chi connectivity index (χ4n) is 1.85. The molecule has 0 saturated carbocycles. The summed E-state index contributed by atoms with van der Waals surface area (Å²) < 4.78 is 0. The zero-order valence-corrected chi connectivity index (χ0v) is 13.1. The molecule has 0 aliphatic rings. The van der Waals surface area contributed by atoms with Gasteiger partial charge in [-0.3, -0.25) is 14.6 Å². The van der Waals surface area contributed by atoms with Crippen LogP contribution in [-0.4, -0.2) is 40.3 Å². The molecule has 0 unspecified atom stereocenters. The molecule has 6 nitrogen and oxygen atoms in total. The zero-order chi connectivity index (χ0) is 16.7. The van der Waals surface area contributed by atoms with Crippen LogP contribution in [-0.2, 0) is 9.59 Å². The van der Waals surface area contributed by atoms with Gasteiger partial charge in [0.2, 0.25) is 11.8 Å². The predicted octanol–water partition coefficient (Wildman–Crippen LogP) is 1.90. The second kappa shape index (κ2) is 7.84. The number of amides is 2. The van der Waals surface area contributed by atoms with E-state index >= 15 is 0 Å². The normalized spacial score (nSPS) is 10.5. The van der Waals surface area contributed by atoms with E-state index in [4.69, 9.17) is 0 Å². The molecular formula is C17H18N4O2. The summed E-state index contributed by atoms with van der Waals surface area (Å²) in [7, 11) is 1.57. The molecule has 0 aliphatic heterocycles. The van der Waals surface area contributed by atoms with Crippen molar-refractivity contribution in [2.75, 3.05) is 18.9 Å². The summed E-state index contributed by atoms with van der Waals surface area (Å²) in [4.78, 5) is 33.3. The quantitative estimate of drug-likeness (QED) is 0.856. The van der Waals surface area contributed by atoms with E-state index in [0.29, 0.717) is 5.82 Å². The van der Waals surface area contributed by atoms with Crippen molar-refractivity contribution >= 4 is 23.7 Å². The third-order valence-electron chi connectivity index (χ3n) is 3.04. The third kappa shape index (κ3) is 5.35. The van der Waals surface area contributed by atoms with Crippen LogP contribution in [0.1, 0.15) is 11.1 Å². The SMILES string of the molecule is Cc1ccnc(NC(=O)CN(C)C(=O)C=Cc2cccnc2)c1. The second-order valence-corrected chi connectivity index (χ2v) is 5.08. The van der Waals surface area contributed by atoms with Crippen molar-refractivity contribution in [3.8, 4) is 0 Å². The summed E-state index contributed by atoms with van der Waals surface area (Å²) in [5.74, 6) is -0.0864. The Morgan fingerprint density at radius 1 is 1.30 bits per heavy atom. The number of hydrogen-bond donors (Lipinski definition) is 1. The minimum absolute atomic E-state index is 0.0498. The highest BCUT2D eigenvalue weighted by molar-refractivity contribution is 5.97. The molecule has 0 radical (unpaired) electrons. The van der Waals surface area contributed by atoms with Crippen molar-refractivity contribution in [1.29, 1.82) is 0 Å².